The highest BCUT2D eigenvalue weighted by atomic mass is 79.9. The Kier molecular flexibility index (Phi) is 4.66. The summed E-state index contributed by atoms with van der Waals surface area (Å²) < 4.78 is 27.1. The largest absolute Gasteiger partial charge is 0.339 e. The molecule has 1 aromatic heterocycles. The lowest BCUT2D eigenvalue weighted by molar-refractivity contribution is 0.509. The molecule has 0 atom stereocenters. The molecule has 8 heteroatoms. The molecule has 3 rings (SSSR count). The average Bonchev–Trinajstić information content (AvgIpc) is 2.54. The Morgan fingerprint density at radius 3 is 2.58 bits per heavy atom. The lowest BCUT2D eigenvalue weighted by Gasteiger charge is -2.09. The Balaban J connectivity index is 1.79. The second kappa shape index (κ2) is 6.88. The molecular weight excluding hydrogens is 380 g/mol. The fraction of sp³-hybridized carbons (Fsp3) is 0.0625. The fourth-order valence-electron chi connectivity index (χ4n) is 1.98. The van der Waals surface area contributed by atoms with Crippen LogP contribution < -0.4 is 10.6 Å². The van der Waals surface area contributed by atoms with Gasteiger partial charge in [0, 0.05) is 16.2 Å². The van der Waals surface area contributed by atoms with Crippen LogP contribution in [0.1, 0.15) is 5.56 Å². The van der Waals surface area contributed by atoms with Crippen LogP contribution in [0.2, 0.25) is 0 Å². The van der Waals surface area contributed by atoms with E-state index >= 15 is 0 Å². The standard InChI is InChI=1S/C16H12BrF2N5/c1-9-2-5-14(11(17)6-9)22-16-23-15(8-20-24-16)21-10-3-4-12(18)13(19)7-10/h2-8H,1H3,(H2,21,22,23,24). The van der Waals surface area contributed by atoms with Gasteiger partial charge in [-0.25, -0.2) is 8.78 Å². The van der Waals surface area contributed by atoms with Crippen LogP contribution in [0.3, 0.4) is 0 Å². The summed E-state index contributed by atoms with van der Waals surface area (Å²) in [6.45, 7) is 1.99. The van der Waals surface area contributed by atoms with Gasteiger partial charge in [0.1, 0.15) is 0 Å². The first-order chi connectivity index (χ1) is 11.5. The van der Waals surface area contributed by atoms with Crippen LogP contribution in [0.5, 0.6) is 0 Å². The number of aryl methyl sites for hydroxylation is 1. The van der Waals surface area contributed by atoms with E-state index in [-0.39, 0.29) is 5.95 Å². The summed E-state index contributed by atoms with van der Waals surface area (Å²) in [5.41, 5.74) is 2.25. The van der Waals surface area contributed by atoms with Gasteiger partial charge in [0.25, 0.3) is 0 Å². The van der Waals surface area contributed by atoms with Crippen molar-refractivity contribution in [2.45, 2.75) is 6.92 Å². The van der Waals surface area contributed by atoms with Gasteiger partial charge in [-0.05, 0) is 52.7 Å². The summed E-state index contributed by atoms with van der Waals surface area (Å²) in [7, 11) is 0. The molecule has 3 aromatic rings. The van der Waals surface area contributed by atoms with E-state index in [4.69, 9.17) is 0 Å². The molecule has 24 heavy (non-hydrogen) atoms. The predicted molar refractivity (Wildman–Crippen MR) is 91.6 cm³/mol. The highest BCUT2D eigenvalue weighted by Crippen LogP contribution is 2.26. The van der Waals surface area contributed by atoms with E-state index in [1.807, 2.05) is 25.1 Å². The number of halogens is 3. The highest BCUT2D eigenvalue weighted by Gasteiger charge is 2.07. The van der Waals surface area contributed by atoms with E-state index in [0.717, 1.165) is 27.9 Å². The van der Waals surface area contributed by atoms with Crippen LogP contribution in [0.15, 0.2) is 47.1 Å². The number of nitrogens with one attached hydrogen (secondary N) is 2. The van der Waals surface area contributed by atoms with Crippen LogP contribution in [0.25, 0.3) is 0 Å². The molecule has 1 heterocycles. The van der Waals surface area contributed by atoms with Crippen molar-refractivity contribution < 1.29 is 8.78 Å². The van der Waals surface area contributed by atoms with Gasteiger partial charge in [-0.15, -0.1) is 5.10 Å². The first-order valence-corrected chi connectivity index (χ1v) is 7.75. The monoisotopic (exact) mass is 391 g/mol. The van der Waals surface area contributed by atoms with Gasteiger partial charge >= 0.3 is 0 Å². The maximum absolute atomic E-state index is 13.2. The Hall–Kier alpha value is -2.61. The van der Waals surface area contributed by atoms with Crippen molar-refractivity contribution in [1.29, 1.82) is 0 Å². The van der Waals surface area contributed by atoms with Crippen molar-refractivity contribution in [3.63, 3.8) is 0 Å². The van der Waals surface area contributed by atoms with E-state index in [1.165, 1.54) is 12.3 Å². The Bertz CT molecular complexity index is 888. The van der Waals surface area contributed by atoms with Gasteiger partial charge < -0.3 is 10.6 Å². The summed E-state index contributed by atoms with van der Waals surface area (Å²) in [6, 6.07) is 9.28. The lowest BCUT2D eigenvalue weighted by Crippen LogP contribution is -2.03. The number of benzene rings is 2. The summed E-state index contributed by atoms with van der Waals surface area (Å²) in [5, 5.41) is 13.6. The molecule has 0 aliphatic heterocycles. The summed E-state index contributed by atoms with van der Waals surface area (Å²) in [6.07, 6.45) is 1.39. The molecule has 0 spiro atoms. The molecule has 2 N–H and O–H groups in total. The Morgan fingerprint density at radius 1 is 1.00 bits per heavy atom. The third-order valence-electron chi connectivity index (χ3n) is 3.12. The molecular formula is C16H12BrF2N5. The second-order valence-corrected chi connectivity index (χ2v) is 5.88. The molecule has 5 nitrogen and oxygen atoms in total. The zero-order valence-electron chi connectivity index (χ0n) is 12.5. The maximum Gasteiger partial charge on any atom is 0.249 e. The minimum atomic E-state index is -0.941. The quantitative estimate of drug-likeness (QED) is 0.674. The van der Waals surface area contributed by atoms with Crippen LogP contribution in [0, 0.1) is 18.6 Å². The van der Waals surface area contributed by atoms with Crippen molar-refractivity contribution in [3.8, 4) is 0 Å². The summed E-state index contributed by atoms with van der Waals surface area (Å²) in [5.74, 6) is -1.23. The minimum absolute atomic E-state index is 0.270. The second-order valence-electron chi connectivity index (χ2n) is 5.03. The topological polar surface area (TPSA) is 62.7 Å². The number of anilines is 4. The SMILES string of the molecule is Cc1ccc(Nc2nncc(Nc3ccc(F)c(F)c3)n2)c(Br)c1. The first-order valence-electron chi connectivity index (χ1n) is 6.96. The van der Waals surface area contributed by atoms with Crippen LogP contribution in [-0.2, 0) is 0 Å². The molecule has 122 valence electrons. The Morgan fingerprint density at radius 2 is 1.83 bits per heavy atom. The predicted octanol–water partition coefficient (Wildman–Crippen LogP) is 4.71. The van der Waals surface area contributed by atoms with E-state index in [2.05, 4.69) is 41.7 Å². The molecule has 2 aromatic carbocycles. The summed E-state index contributed by atoms with van der Waals surface area (Å²) in [4.78, 5) is 4.25. The van der Waals surface area contributed by atoms with E-state index < -0.39 is 11.6 Å². The fourth-order valence-corrected chi connectivity index (χ4v) is 2.57. The van der Waals surface area contributed by atoms with Crippen LogP contribution >= 0.6 is 15.9 Å². The first kappa shape index (κ1) is 16.3. The van der Waals surface area contributed by atoms with Crippen molar-refractivity contribution >= 4 is 39.1 Å². The number of nitrogens with zero attached hydrogens (tertiary/aromatic N) is 3. The molecule has 0 fully saturated rings. The zero-order chi connectivity index (χ0) is 17.1. The van der Waals surface area contributed by atoms with Gasteiger partial charge in [-0.1, -0.05) is 6.07 Å². The molecule has 0 bridgehead atoms. The third-order valence-corrected chi connectivity index (χ3v) is 3.78. The van der Waals surface area contributed by atoms with Crippen molar-refractivity contribution in [2.24, 2.45) is 0 Å². The smallest absolute Gasteiger partial charge is 0.249 e. The van der Waals surface area contributed by atoms with Crippen molar-refractivity contribution in [3.05, 3.63) is 64.3 Å². The van der Waals surface area contributed by atoms with Gasteiger partial charge in [0.15, 0.2) is 17.5 Å². The number of hydrogen-bond acceptors (Lipinski definition) is 5. The van der Waals surface area contributed by atoms with Crippen molar-refractivity contribution in [2.75, 3.05) is 10.6 Å². The minimum Gasteiger partial charge on any atom is -0.339 e. The molecule has 0 amide bonds. The Labute approximate surface area is 145 Å². The molecule has 0 aliphatic carbocycles. The highest BCUT2D eigenvalue weighted by molar-refractivity contribution is 9.10. The van der Waals surface area contributed by atoms with Gasteiger partial charge in [-0.2, -0.15) is 10.1 Å². The normalized spacial score (nSPS) is 10.5. The van der Waals surface area contributed by atoms with Gasteiger partial charge in [0.2, 0.25) is 5.95 Å². The maximum atomic E-state index is 13.2. The van der Waals surface area contributed by atoms with E-state index in [0.29, 0.717) is 11.5 Å². The van der Waals surface area contributed by atoms with E-state index in [1.54, 1.807) is 0 Å². The lowest BCUT2D eigenvalue weighted by atomic mass is 10.2. The number of hydrogen-bond donors (Lipinski definition) is 2. The molecule has 0 saturated carbocycles. The van der Waals surface area contributed by atoms with Gasteiger partial charge in [-0.3, -0.25) is 0 Å². The van der Waals surface area contributed by atoms with E-state index in [9.17, 15) is 8.78 Å². The summed E-state index contributed by atoms with van der Waals surface area (Å²) >= 11 is 3.46. The zero-order valence-corrected chi connectivity index (χ0v) is 14.1. The molecule has 0 saturated heterocycles. The number of rotatable bonds is 4. The van der Waals surface area contributed by atoms with Crippen LogP contribution in [0.4, 0.5) is 31.9 Å². The molecule has 0 radical (unpaired) electrons. The average molecular weight is 392 g/mol. The number of aromatic nitrogens is 3. The molecule has 0 unspecified atom stereocenters. The van der Waals surface area contributed by atoms with Gasteiger partial charge in [0.05, 0.1) is 11.9 Å². The third kappa shape index (κ3) is 3.83. The van der Waals surface area contributed by atoms with Crippen molar-refractivity contribution in [1.82, 2.24) is 15.2 Å². The molecule has 0 aliphatic rings. The van der Waals surface area contributed by atoms with Crippen LogP contribution in [-0.4, -0.2) is 15.2 Å².